The lowest BCUT2D eigenvalue weighted by Crippen LogP contribution is -2.09. The minimum absolute atomic E-state index is 0.443. The molecule has 0 saturated heterocycles. The summed E-state index contributed by atoms with van der Waals surface area (Å²) in [4.78, 5) is 1.41. The van der Waals surface area contributed by atoms with Crippen LogP contribution >= 0.6 is 11.8 Å². The first-order chi connectivity index (χ1) is 8.33. The molecule has 0 bridgehead atoms. The Morgan fingerprint density at radius 1 is 1.06 bits per heavy atom. The fourth-order valence-electron chi connectivity index (χ4n) is 2.13. The summed E-state index contributed by atoms with van der Waals surface area (Å²) in [5.41, 5.74) is 3.94. The van der Waals surface area contributed by atoms with E-state index in [2.05, 4.69) is 60.8 Å². The number of thioether (sulfide) groups is 1. The number of fused-ring (bicyclic) bond motifs is 1. The zero-order valence-corrected chi connectivity index (χ0v) is 10.6. The molecule has 0 saturated carbocycles. The first-order valence-corrected chi connectivity index (χ1v) is 6.86. The second kappa shape index (κ2) is 4.46. The van der Waals surface area contributed by atoms with Gasteiger partial charge >= 0.3 is 0 Å². The Kier molecular flexibility index (Phi) is 2.81. The molecule has 0 spiro atoms. The lowest BCUT2D eigenvalue weighted by atomic mass is 10.1. The highest BCUT2D eigenvalue weighted by Crippen LogP contribution is 2.39. The molecule has 1 aliphatic rings. The minimum Gasteiger partial charge on any atom is -0.377 e. The van der Waals surface area contributed by atoms with E-state index in [1.165, 1.54) is 21.7 Å². The Hall–Kier alpha value is -1.41. The van der Waals surface area contributed by atoms with Crippen molar-refractivity contribution in [2.45, 2.75) is 17.9 Å². The molecule has 1 nitrogen and oxygen atoms in total. The van der Waals surface area contributed by atoms with Gasteiger partial charge in [0.25, 0.3) is 0 Å². The third-order valence-corrected chi connectivity index (χ3v) is 4.28. The number of nitrogens with one attached hydrogen (secondary N) is 1. The van der Waals surface area contributed by atoms with Gasteiger partial charge in [0.15, 0.2) is 0 Å². The Morgan fingerprint density at radius 3 is 2.65 bits per heavy atom. The summed E-state index contributed by atoms with van der Waals surface area (Å²) in [5, 5.41) is 3.60. The van der Waals surface area contributed by atoms with Crippen LogP contribution in [0.1, 0.15) is 17.2 Å². The van der Waals surface area contributed by atoms with Crippen molar-refractivity contribution >= 4 is 17.4 Å². The highest BCUT2D eigenvalue weighted by Gasteiger charge is 2.21. The quantitative estimate of drug-likeness (QED) is 0.843. The van der Waals surface area contributed by atoms with Crippen molar-refractivity contribution in [2.24, 2.45) is 0 Å². The van der Waals surface area contributed by atoms with Gasteiger partial charge in [0.1, 0.15) is 0 Å². The molecule has 0 aliphatic carbocycles. The van der Waals surface area contributed by atoms with Crippen LogP contribution in [-0.2, 0) is 0 Å². The molecule has 3 rings (SSSR count). The fraction of sp³-hybridized carbons (Fsp3) is 0.200. The number of benzene rings is 2. The summed E-state index contributed by atoms with van der Waals surface area (Å²) in [6.07, 6.45) is 0. The summed E-state index contributed by atoms with van der Waals surface area (Å²) in [6, 6.07) is 17.7. The smallest absolute Gasteiger partial charge is 0.0618 e. The van der Waals surface area contributed by atoms with Crippen LogP contribution in [0.5, 0.6) is 0 Å². The van der Waals surface area contributed by atoms with Crippen LogP contribution in [0, 0.1) is 6.92 Å². The van der Waals surface area contributed by atoms with Crippen molar-refractivity contribution in [3.63, 3.8) is 0 Å². The van der Waals surface area contributed by atoms with Crippen LogP contribution in [0.2, 0.25) is 0 Å². The van der Waals surface area contributed by atoms with E-state index in [4.69, 9.17) is 0 Å². The standard InChI is InChI=1S/C15H15NS/c1-11-6-8-12(9-7-11)16-14-10-17-15-5-3-2-4-13(14)15/h2-9,14,16H,10H2,1H3. The van der Waals surface area contributed by atoms with Gasteiger partial charge in [-0.1, -0.05) is 35.9 Å². The fourth-order valence-corrected chi connectivity index (χ4v) is 3.29. The Labute approximate surface area is 106 Å². The molecule has 2 aromatic rings. The average molecular weight is 241 g/mol. The minimum atomic E-state index is 0.443. The third kappa shape index (κ3) is 2.18. The molecule has 1 N–H and O–H groups in total. The zero-order valence-electron chi connectivity index (χ0n) is 9.81. The lowest BCUT2D eigenvalue weighted by Gasteiger charge is -2.14. The summed E-state index contributed by atoms with van der Waals surface area (Å²) >= 11 is 1.94. The molecule has 0 fully saturated rings. The summed E-state index contributed by atoms with van der Waals surface area (Å²) < 4.78 is 0. The van der Waals surface area contributed by atoms with Gasteiger partial charge in [-0.25, -0.2) is 0 Å². The van der Waals surface area contributed by atoms with Crippen LogP contribution in [-0.4, -0.2) is 5.75 Å². The number of hydrogen-bond donors (Lipinski definition) is 1. The maximum absolute atomic E-state index is 3.60. The predicted molar refractivity (Wildman–Crippen MR) is 74.7 cm³/mol. The lowest BCUT2D eigenvalue weighted by molar-refractivity contribution is 0.900. The summed E-state index contributed by atoms with van der Waals surface area (Å²) in [5.74, 6) is 1.12. The van der Waals surface area contributed by atoms with Gasteiger partial charge in [-0.2, -0.15) is 0 Å². The van der Waals surface area contributed by atoms with Crippen molar-refractivity contribution in [3.8, 4) is 0 Å². The number of anilines is 1. The predicted octanol–water partition coefficient (Wildman–Crippen LogP) is 4.25. The van der Waals surface area contributed by atoms with Gasteiger partial charge < -0.3 is 5.32 Å². The van der Waals surface area contributed by atoms with Crippen molar-refractivity contribution < 1.29 is 0 Å². The summed E-state index contributed by atoms with van der Waals surface area (Å²) in [6.45, 7) is 2.12. The number of aryl methyl sites for hydroxylation is 1. The Bertz CT molecular complexity index is 519. The first kappa shape index (κ1) is 10.7. The van der Waals surface area contributed by atoms with Crippen molar-refractivity contribution in [1.82, 2.24) is 0 Å². The van der Waals surface area contributed by atoms with Crippen LogP contribution in [0.15, 0.2) is 53.4 Å². The van der Waals surface area contributed by atoms with Gasteiger partial charge in [-0.05, 0) is 30.7 Å². The van der Waals surface area contributed by atoms with Crippen LogP contribution < -0.4 is 5.32 Å². The topological polar surface area (TPSA) is 12.0 Å². The van der Waals surface area contributed by atoms with Crippen LogP contribution in [0.25, 0.3) is 0 Å². The second-order valence-electron chi connectivity index (χ2n) is 4.41. The molecule has 0 aromatic heterocycles. The molecule has 1 unspecified atom stereocenters. The van der Waals surface area contributed by atoms with Crippen molar-refractivity contribution in [2.75, 3.05) is 11.1 Å². The van der Waals surface area contributed by atoms with Gasteiger partial charge in [0.05, 0.1) is 6.04 Å². The van der Waals surface area contributed by atoms with Crippen LogP contribution in [0.4, 0.5) is 5.69 Å². The molecule has 17 heavy (non-hydrogen) atoms. The van der Waals surface area contributed by atoms with E-state index in [-0.39, 0.29) is 0 Å². The largest absolute Gasteiger partial charge is 0.377 e. The van der Waals surface area contributed by atoms with Gasteiger partial charge in [0, 0.05) is 16.3 Å². The molecule has 2 aromatic carbocycles. The normalized spacial score (nSPS) is 17.8. The van der Waals surface area contributed by atoms with E-state index < -0.39 is 0 Å². The van der Waals surface area contributed by atoms with E-state index in [1.807, 2.05) is 11.8 Å². The molecule has 0 amide bonds. The average Bonchev–Trinajstić information content (AvgIpc) is 2.76. The van der Waals surface area contributed by atoms with Gasteiger partial charge in [-0.15, -0.1) is 11.8 Å². The van der Waals surface area contributed by atoms with E-state index in [0.717, 1.165) is 5.75 Å². The zero-order chi connectivity index (χ0) is 11.7. The molecule has 86 valence electrons. The maximum Gasteiger partial charge on any atom is 0.0618 e. The van der Waals surface area contributed by atoms with E-state index in [0.29, 0.717) is 6.04 Å². The summed E-state index contributed by atoms with van der Waals surface area (Å²) in [7, 11) is 0. The van der Waals surface area contributed by atoms with E-state index in [1.54, 1.807) is 0 Å². The van der Waals surface area contributed by atoms with Gasteiger partial charge in [0.2, 0.25) is 0 Å². The molecule has 1 atom stereocenters. The maximum atomic E-state index is 3.60. The van der Waals surface area contributed by atoms with Gasteiger partial charge in [-0.3, -0.25) is 0 Å². The highest BCUT2D eigenvalue weighted by atomic mass is 32.2. The molecular formula is C15H15NS. The number of rotatable bonds is 2. The van der Waals surface area contributed by atoms with Crippen molar-refractivity contribution in [3.05, 3.63) is 59.7 Å². The van der Waals surface area contributed by atoms with Crippen LogP contribution in [0.3, 0.4) is 0 Å². The molecule has 1 aliphatic heterocycles. The van der Waals surface area contributed by atoms with E-state index in [9.17, 15) is 0 Å². The first-order valence-electron chi connectivity index (χ1n) is 5.88. The molecular weight excluding hydrogens is 226 g/mol. The Morgan fingerprint density at radius 2 is 1.82 bits per heavy atom. The highest BCUT2D eigenvalue weighted by molar-refractivity contribution is 7.99. The molecule has 2 heteroatoms. The molecule has 0 radical (unpaired) electrons. The second-order valence-corrected chi connectivity index (χ2v) is 5.47. The molecule has 1 heterocycles. The SMILES string of the molecule is Cc1ccc(NC2CSc3ccccc32)cc1. The monoisotopic (exact) mass is 241 g/mol. The third-order valence-electron chi connectivity index (χ3n) is 3.09. The Balaban J connectivity index is 1.81. The van der Waals surface area contributed by atoms with Crippen molar-refractivity contribution in [1.29, 1.82) is 0 Å². The van der Waals surface area contributed by atoms with E-state index >= 15 is 0 Å². The number of hydrogen-bond acceptors (Lipinski definition) is 2.